The number of rotatable bonds is 4. The lowest BCUT2D eigenvalue weighted by Gasteiger charge is -2.02. The molecule has 0 atom stereocenters. The third-order valence-corrected chi connectivity index (χ3v) is 5.67. The fraction of sp³-hybridized carbons (Fsp3) is 0. The molecule has 2 aromatic carbocycles. The van der Waals surface area contributed by atoms with E-state index in [0.717, 1.165) is 0 Å². The third-order valence-electron chi connectivity index (χ3n) is 4.11. The Kier molecular flexibility index (Phi) is 5.67. The molecule has 1 fully saturated rings. The molecule has 1 saturated heterocycles. The Bertz CT molecular complexity index is 1230. The van der Waals surface area contributed by atoms with Crippen molar-refractivity contribution >= 4 is 63.8 Å². The summed E-state index contributed by atoms with van der Waals surface area (Å²) >= 11 is 13.2. The second-order valence-electron chi connectivity index (χ2n) is 6.13. The topological polar surface area (TPSA) is 91.9 Å². The number of amides is 1. The van der Waals surface area contributed by atoms with E-state index in [1.54, 1.807) is 48.5 Å². The molecule has 1 amide bonds. The molecule has 2 heterocycles. The van der Waals surface area contributed by atoms with Gasteiger partial charge >= 0.3 is 5.97 Å². The van der Waals surface area contributed by atoms with Crippen LogP contribution in [0.5, 0.6) is 0 Å². The number of aromatic carboxylic acids is 1. The second-order valence-corrected chi connectivity index (χ2v) is 7.98. The SMILES string of the molecule is O=C1NC(=Nc2ccccc2Cl)S/C1=C/c1ccc(-c2ccc(Cl)c(C(=O)O)c2)o1. The molecule has 9 heteroatoms. The molecule has 0 aliphatic carbocycles. The molecular weight excluding hydrogens is 447 g/mol. The Morgan fingerprint density at radius 1 is 1.10 bits per heavy atom. The molecule has 0 bridgehead atoms. The number of amidine groups is 1. The van der Waals surface area contributed by atoms with Gasteiger partial charge < -0.3 is 14.8 Å². The number of carbonyl (C=O) groups excluding carboxylic acids is 1. The van der Waals surface area contributed by atoms with Crippen molar-refractivity contribution in [1.29, 1.82) is 0 Å². The van der Waals surface area contributed by atoms with Crippen LogP contribution in [0.15, 0.2) is 68.9 Å². The van der Waals surface area contributed by atoms with Crippen LogP contribution in [-0.2, 0) is 4.79 Å². The van der Waals surface area contributed by atoms with E-state index in [-0.39, 0.29) is 16.5 Å². The fourth-order valence-electron chi connectivity index (χ4n) is 2.69. The van der Waals surface area contributed by atoms with Gasteiger partial charge in [-0.15, -0.1) is 0 Å². The van der Waals surface area contributed by atoms with E-state index in [2.05, 4.69) is 10.3 Å². The highest BCUT2D eigenvalue weighted by atomic mass is 35.5. The summed E-state index contributed by atoms with van der Waals surface area (Å²) in [5.41, 5.74) is 1.10. The van der Waals surface area contributed by atoms with Gasteiger partial charge in [0.05, 0.1) is 26.2 Å². The average molecular weight is 459 g/mol. The van der Waals surface area contributed by atoms with Gasteiger partial charge in [-0.05, 0) is 54.2 Å². The lowest BCUT2D eigenvalue weighted by Crippen LogP contribution is -2.19. The summed E-state index contributed by atoms with van der Waals surface area (Å²) in [7, 11) is 0. The highest BCUT2D eigenvalue weighted by molar-refractivity contribution is 8.18. The van der Waals surface area contributed by atoms with Crippen LogP contribution in [0.3, 0.4) is 0 Å². The van der Waals surface area contributed by atoms with E-state index in [9.17, 15) is 14.7 Å². The first-order valence-corrected chi connectivity index (χ1v) is 10.1. The number of carboxylic acid groups (broad SMARTS) is 1. The monoisotopic (exact) mass is 458 g/mol. The van der Waals surface area contributed by atoms with Gasteiger partial charge in [-0.3, -0.25) is 4.79 Å². The summed E-state index contributed by atoms with van der Waals surface area (Å²) in [6.45, 7) is 0. The average Bonchev–Trinajstić information content (AvgIpc) is 3.31. The third kappa shape index (κ3) is 4.28. The van der Waals surface area contributed by atoms with Crippen LogP contribution in [0.25, 0.3) is 17.4 Å². The summed E-state index contributed by atoms with van der Waals surface area (Å²) in [6, 6.07) is 15.1. The molecule has 0 spiro atoms. The highest BCUT2D eigenvalue weighted by Gasteiger charge is 2.24. The highest BCUT2D eigenvalue weighted by Crippen LogP contribution is 2.32. The lowest BCUT2D eigenvalue weighted by atomic mass is 10.1. The van der Waals surface area contributed by atoms with Gasteiger partial charge in [-0.25, -0.2) is 9.79 Å². The Morgan fingerprint density at radius 2 is 1.90 bits per heavy atom. The van der Waals surface area contributed by atoms with E-state index in [1.165, 1.54) is 23.9 Å². The zero-order chi connectivity index (χ0) is 21.3. The Hall–Kier alpha value is -3.00. The first-order chi connectivity index (χ1) is 14.4. The van der Waals surface area contributed by atoms with Crippen LogP contribution in [0.2, 0.25) is 10.0 Å². The van der Waals surface area contributed by atoms with Gasteiger partial charge in [0.2, 0.25) is 0 Å². The molecule has 2 N–H and O–H groups in total. The van der Waals surface area contributed by atoms with Gasteiger partial charge in [-0.2, -0.15) is 0 Å². The largest absolute Gasteiger partial charge is 0.478 e. The molecule has 1 aromatic heterocycles. The predicted octanol–water partition coefficient (Wildman–Crippen LogP) is 5.84. The van der Waals surface area contributed by atoms with E-state index >= 15 is 0 Å². The van der Waals surface area contributed by atoms with Gasteiger partial charge in [0.25, 0.3) is 5.91 Å². The predicted molar refractivity (Wildman–Crippen MR) is 118 cm³/mol. The smallest absolute Gasteiger partial charge is 0.337 e. The first-order valence-electron chi connectivity index (χ1n) is 8.58. The molecule has 1 aliphatic heterocycles. The van der Waals surface area contributed by atoms with Crippen molar-refractivity contribution in [3.63, 3.8) is 0 Å². The molecule has 0 unspecified atom stereocenters. The van der Waals surface area contributed by atoms with Gasteiger partial charge in [-0.1, -0.05) is 35.3 Å². The van der Waals surface area contributed by atoms with Crippen molar-refractivity contribution in [2.24, 2.45) is 4.99 Å². The number of nitrogens with zero attached hydrogens (tertiary/aromatic N) is 1. The van der Waals surface area contributed by atoms with Crippen LogP contribution in [0, 0.1) is 0 Å². The van der Waals surface area contributed by atoms with Crippen molar-refractivity contribution in [2.45, 2.75) is 0 Å². The quantitative estimate of drug-likeness (QED) is 0.478. The van der Waals surface area contributed by atoms with Crippen LogP contribution >= 0.6 is 35.0 Å². The number of carboxylic acids is 1. The maximum Gasteiger partial charge on any atom is 0.337 e. The van der Waals surface area contributed by atoms with E-state index in [0.29, 0.717) is 37.9 Å². The van der Waals surface area contributed by atoms with Crippen molar-refractivity contribution in [1.82, 2.24) is 5.32 Å². The van der Waals surface area contributed by atoms with Gasteiger partial charge in [0, 0.05) is 11.6 Å². The molecule has 6 nitrogen and oxygen atoms in total. The minimum atomic E-state index is -1.12. The van der Waals surface area contributed by atoms with E-state index in [1.807, 2.05) is 0 Å². The summed E-state index contributed by atoms with van der Waals surface area (Å²) in [4.78, 5) is 28.3. The number of para-hydroxylation sites is 1. The molecule has 0 saturated carbocycles. The molecule has 3 aromatic rings. The number of nitrogens with one attached hydrogen (secondary N) is 1. The number of furan rings is 1. The summed E-state index contributed by atoms with van der Waals surface area (Å²) < 4.78 is 5.76. The van der Waals surface area contributed by atoms with Crippen LogP contribution in [-0.4, -0.2) is 22.2 Å². The molecular formula is C21H12Cl2N2O4S. The van der Waals surface area contributed by atoms with E-state index in [4.69, 9.17) is 27.6 Å². The Balaban J connectivity index is 1.57. The van der Waals surface area contributed by atoms with Gasteiger partial charge in [0.15, 0.2) is 5.17 Å². The number of halogens is 2. The van der Waals surface area contributed by atoms with Crippen molar-refractivity contribution < 1.29 is 19.1 Å². The molecule has 1 aliphatic rings. The molecule has 0 radical (unpaired) electrons. The number of thioether (sulfide) groups is 1. The second kappa shape index (κ2) is 8.39. The number of hydrogen-bond acceptors (Lipinski definition) is 5. The molecule has 4 rings (SSSR count). The molecule has 30 heavy (non-hydrogen) atoms. The first kappa shape index (κ1) is 20.3. The van der Waals surface area contributed by atoms with Crippen molar-refractivity contribution in [3.8, 4) is 11.3 Å². The van der Waals surface area contributed by atoms with Crippen LogP contribution in [0.1, 0.15) is 16.1 Å². The minimum absolute atomic E-state index is 0.0170. The zero-order valence-electron chi connectivity index (χ0n) is 15.1. The number of hydrogen-bond donors (Lipinski definition) is 2. The normalized spacial score (nSPS) is 16.3. The number of carbonyl (C=O) groups is 2. The fourth-order valence-corrected chi connectivity index (χ4v) is 3.88. The lowest BCUT2D eigenvalue weighted by molar-refractivity contribution is -0.115. The summed E-state index contributed by atoms with van der Waals surface area (Å²) in [5, 5.41) is 12.9. The number of aliphatic imine (C=N–C) groups is 1. The molecule has 150 valence electrons. The Morgan fingerprint density at radius 3 is 2.67 bits per heavy atom. The van der Waals surface area contributed by atoms with Crippen molar-refractivity contribution in [2.75, 3.05) is 0 Å². The maximum absolute atomic E-state index is 12.3. The zero-order valence-corrected chi connectivity index (χ0v) is 17.4. The standard InChI is InChI=1S/C21H12Cl2N2O4S/c22-14-7-5-11(9-13(14)20(27)28)17-8-6-12(29-17)10-18-19(26)25-21(30-18)24-16-4-2-1-3-15(16)23/h1-10H,(H,27,28)(H,24,25,26)/b18-10+. The van der Waals surface area contributed by atoms with E-state index < -0.39 is 5.97 Å². The number of benzene rings is 2. The summed E-state index contributed by atoms with van der Waals surface area (Å²) in [6.07, 6.45) is 1.59. The van der Waals surface area contributed by atoms with Crippen LogP contribution in [0.4, 0.5) is 5.69 Å². The summed E-state index contributed by atoms with van der Waals surface area (Å²) in [5.74, 6) is -0.536. The Labute approximate surface area is 185 Å². The minimum Gasteiger partial charge on any atom is -0.478 e. The van der Waals surface area contributed by atoms with Crippen molar-refractivity contribution in [3.05, 3.63) is 80.9 Å². The van der Waals surface area contributed by atoms with Gasteiger partial charge in [0.1, 0.15) is 11.5 Å². The van der Waals surface area contributed by atoms with Crippen LogP contribution < -0.4 is 5.32 Å². The maximum atomic E-state index is 12.3.